The van der Waals surface area contributed by atoms with Gasteiger partial charge in [-0.2, -0.15) is 0 Å². The highest BCUT2D eigenvalue weighted by Crippen LogP contribution is 2.34. The quantitative estimate of drug-likeness (QED) is 0.698. The minimum atomic E-state index is -0.332. The van der Waals surface area contributed by atoms with Gasteiger partial charge in [-0.25, -0.2) is 4.39 Å². The van der Waals surface area contributed by atoms with Crippen LogP contribution in [0.3, 0.4) is 0 Å². The average Bonchev–Trinajstić information content (AvgIpc) is 3.02. The molecule has 128 valence electrons. The maximum absolute atomic E-state index is 13.2. The van der Waals surface area contributed by atoms with Gasteiger partial charge in [-0.05, 0) is 74.8 Å². The van der Waals surface area contributed by atoms with Crippen LogP contribution in [-0.2, 0) is 0 Å². The first-order valence-electron chi connectivity index (χ1n) is 8.72. The summed E-state index contributed by atoms with van der Waals surface area (Å²) in [6.07, 6.45) is 4.21. The van der Waals surface area contributed by atoms with Crippen LogP contribution >= 0.6 is 0 Å². The molecule has 0 aliphatic carbocycles. The van der Waals surface area contributed by atoms with Crippen molar-refractivity contribution in [3.63, 3.8) is 0 Å². The van der Waals surface area contributed by atoms with Crippen molar-refractivity contribution in [1.82, 2.24) is 9.47 Å². The van der Waals surface area contributed by atoms with E-state index in [1.807, 2.05) is 24.4 Å². The highest BCUT2D eigenvalue weighted by Gasteiger charge is 2.23. The summed E-state index contributed by atoms with van der Waals surface area (Å²) >= 11 is 0. The Morgan fingerprint density at radius 3 is 2.44 bits per heavy atom. The van der Waals surface area contributed by atoms with Gasteiger partial charge in [-0.15, -0.1) is 0 Å². The van der Waals surface area contributed by atoms with Gasteiger partial charge in [0.05, 0.1) is 5.52 Å². The maximum Gasteiger partial charge on any atom is 0.262 e. The number of carbonyl (C=O) groups excluding carboxylic acids is 1. The molecule has 1 saturated heterocycles. The molecule has 0 spiro atoms. The lowest BCUT2D eigenvalue weighted by atomic mass is 9.89. The standard InChI is InChI=1S/C21H21FN2O/c1-23-12-10-15(11-13-23)19-14-24(20-5-3-2-4-18(19)20)21(25)16-6-8-17(22)9-7-16/h2-9,14-15H,10-13H2,1H3. The lowest BCUT2D eigenvalue weighted by Gasteiger charge is -2.28. The zero-order valence-corrected chi connectivity index (χ0v) is 14.3. The number of halogens is 1. The van der Waals surface area contributed by atoms with Crippen LogP contribution in [0.25, 0.3) is 10.9 Å². The molecule has 0 atom stereocenters. The van der Waals surface area contributed by atoms with Gasteiger partial charge in [0.1, 0.15) is 5.82 Å². The minimum Gasteiger partial charge on any atom is -0.306 e. The number of rotatable bonds is 2. The second kappa shape index (κ2) is 6.45. The fraction of sp³-hybridized carbons (Fsp3) is 0.286. The molecule has 2 aromatic carbocycles. The summed E-state index contributed by atoms with van der Waals surface area (Å²) in [6.45, 7) is 2.16. The minimum absolute atomic E-state index is 0.115. The number of carbonyl (C=O) groups is 1. The van der Waals surface area contributed by atoms with E-state index in [2.05, 4.69) is 18.0 Å². The molecule has 1 aromatic heterocycles. The van der Waals surface area contributed by atoms with Crippen LogP contribution in [0.15, 0.2) is 54.7 Å². The molecule has 0 radical (unpaired) electrons. The van der Waals surface area contributed by atoms with E-state index in [4.69, 9.17) is 0 Å². The number of hydrogen-bond acceptors (Lipinski definition) is 2. The Kier molecular flexibility index (Phi) is 4.14. The second-order valence-corrected chi connectivity index (χ2v) is 6.86. The lowest BCUT2D eigenvalue weighted by molar-refractivity contribution is 0.0964. The molecule has 25 heavy (non-hydrogen) atoms. The van der Waals surface area contributed by atoms with Crippen LogP contribution in [-0.4, -0.2) is 35.5 Å². The predicted molar refractivity (Wildman–Crippen MR) is 97.5 cm³/mol. The second-order valence-electron chi connectivity index (χ2n) is 6.86. The molecule has 3 nitrogen and oxygen atoms in total. The topological polar surface area (TPSA) is 25.2 Å². The van der Waals surface area contributed by atoms with E-state index in [1.54, 1.807) is 16.7 Å². The third-order valence-electron chi connectivity index (χ3n) is 5.21. The number of nitrogens with zero attached hydrogens (tertiary/aromatic N) is 2. The molecule has 4 rings (SSSR count). The summed E-state index contributed by atoms with van der Waals surface area (Å²) in [5.41, 5.74) is 2.67. The number of fused-ring (bicyclic) bond motifs is 1. The summed E-state index contributed by atoms with van der Waals surface area (Å²) in [6, 6.07) is 13.8. The first kappa shape index (κ1) is 16.0. The Balaban J connectivity index is 1.77. The van der Waals surface area contributed by atoms with Crippen LogP contribution in [0.4, 0.5) is 4.39 Å². The monoisotopic (exact) mass is 336 g/mol. The molecule has 0 N–H and O–H groups in total. The Bertz CT molecular complexity index is 905. The smallest absolute Gasteiger partial charge is 0.262 e. The van der Waals surface area contributed by atoms with Crippen LogP contribution in [0.5, 0.6) is 0 Å². The van der Waals surface area contributed by atoms with E-state index in [0.717, 1.165) is 36.8 Å². The van der Waals surface area contributed by atoms with E-state index in [1.165, 1.54) is 17.7 Å². The van der Waals surface area contributed by atoms with E-state index in [-0.39, 0.29) is 11.7 Å². The van der Waals surface area contributed by atoms with Gasteiger partial charge >= 0.3 is 0 Å². The van der Waals surface area contributed by atoms with Gasteiger partial charge in [0.25, 0.3) is 5.91 Å². The highest BCUT2D eigenvalue weighted by molar-refractivity contribution is 6.03. The fourth-order valence-corrected chi connectivity index (χ4v) is 3.75. The number of para-hydroxylation sites is 1. The Morgan fingerprint density at radius 1 is 1.04 bits per heavy atom. The number of benzene rings is 2. The first-order valence-corrected chi connectivity index (χ1v) is 8.72. The number of piperidine rings is 1. The maximum atomic E-state index is 13.2. The summed E-state index contributed by atoms with van der Waals surface area (Å²) in [5, 5.41) is 1.15. The zero-order valence-electron chi connectivity index (χ0n) is 14.3. The highest BCUT2D eigenvalue weighted by atomic mass is 19.1. The van der Waals surface area contributed by atoms with Crippen LogP contribution in [0.1, 0.15) is 34.7 Å². The van der Waals surface area contributed by atoms with Gasteiger partial charge in [-0.3, -0.25) is 9.36 Å². The molecule has 0 unspecified atom stereocenters. The molecule has 1 fully saturated rings. The van der Waals surface area contributed by atoms with Crippen molar-refractivity contribution in [3.05, 3.63) is 71.7 Å². The van der Waals surface area contributed by atoms with Crippen LogP contribution in [0.2, 0.25) is 0 Å². The third-order valence-corrected chi connectivity index (χ3v) is 5.21. The number of aromatic nitrogens is 1. The largest absolute Gasteiger partial charge is 0.306 e. The van der Waals surface area contributed by atoms with Crippen LogP contribution in [0, 0.1) is 5.82 Å². The Hall–Kier alpha value is -2.46. The molecular weight excluding hydrogens is 315 g/mol. The summed E-state index contributed by atoms with van der Waals surface area (Å²) < 4.78 is 14.9. The van der Waals surface area contributed by atoms with E-state index in [0.29, 0.717) is 11.5 Å². The molecule has 0 bridgehead atoms. The van der Waals surface area contributed by atoms with Crippen molar-refractivity contribution < 1.29 is 9.18 Å². The predicted octanol–water partition coefficient (Wildman–Crippen LogP) is 4.28. The number of hydrogen-bond donors (Lipinski definition) is 0. The third kappa shape index (κ3) is 2.98. The summed E-state index contributed by atoms with van der Waals surface area (Å²) in [4.78, 5) is 15.3. The summed E-state index contributed by atoms with van der Waals surface area (Å²) in [7, 11) is 2.15. The molecule has 1 aliphatic heterocycles. The van der Waals surface area contributed by atoms with Crippen molar-refractivity contribution in [2.45, 2.75) is 18.8 Å². The van der Waals surface area contributed by atoms with E-state index in [9.17, 15) is 9.18 Å². The lowest BCUT2D eigenvalue weighted by Crippen LogP contribution is -2.29. The number of likely N-dealkylation sites (tertiary alicyclic amines) is 1. The van der Waals surface area contributed by atoms with E-state index < -0.39 is 0 Å². The molecular formula is C21H21FN2O. The van der Waals surface area contributed by atoms with Crippen molar-refractivity contribution in [3.8, 4) is 0 Å². The Morgan fingerprint density at radius 2 is 1.72 bits per heavy atom. The van der Waals surface area contributed by atoms with Crippen LogP contribution < -0.4 is 0 Å². The Labute approximate surface area is 146 Å². The first-order chi connectivity index (χ1) is 12.1. The van der Waals surface area contributed by atoms with Crippen molar-refractivity contribution >= 4 is 16.8 Å². The molecule has 0 amide bonds. The average molecular weight is 336 g/mol. The fourth-order valence-electron chi connectivity index (χ4n) is 3.75. The van der Waals surface area contributed by atoms with Gasteiger partial charge in [-0.1, -0.05) is 18.2 Å². The van der Waals surface area contributed by atoms with Gasteiger partial charge in [0, 0.05) is 17.1 Å². The summed E-state index contributed by atoms with van der Waals surface area (Å²) in [5.74, 6) is 0.0275. The SMILES string of the molecule is CN1CCC(c2cn(C(=O)c3ccc(F)cc3)c3ccccc23)CC1. The van der Waals surface area contributed by atoms with Crippen molar-refractivity contribution in [2.75, 3.05) is 20.1 Å². The molecule has 2 heterocycles. The molecule has 1 aliphatic rings. The van der Waals surface area contributed by atoms with Gasteiger partial charge in [0.15, 0.2) is 0 Å². The van der Waals surface area contributed by atoms with Crippen molar-refractivity contribution in [2.24, 2.45) is 0 Å². The van der Waals surface area contributed by atoms with Gasteiger partial charge in [0.2, 0.25) is 0 Å². The normalized spacial score (nSPS) is 16.4. The van der Waals surface area contributed by atoms with Gasteiger partial charge < -0.3 is 4.90 Å². The van der Waals surface area contributed by atoms with Crippen molar-refractivity contribution in [1.29, 1.82) is 0 Å². The van der Waals surface area contributed by atoms with E-state index >= 15 is 0 Å². The molecule has 0 saturated carbocycles. The molecule has 4 heteroatoms. The molecule has 3 aromatic rings. The zero-order chi connectivity index (χ0) is 17.4.